The smallest absolute Gasteiger partial charge is 0.255 e. The molecule has 7 nitrogen and oxygen atoms in total. The van der Waals surface area contributed by atoms with Gasteiger partial charge in [0.2, 0.25) is 11.8 Å². The minimum absolute atomic E-state index is 0.125. The van der Waals surface area contributed by atoms with Crippen molar-refractivity contribution in [2.45, 2.75) is 69.7 Å². The third-order valence-electron chi connectivity index (χ3n) is 5.95. The lowest BCUT2D eigenvalue weighted by atomic mass is 9.91. The second kappa shape index (κ2) is 7.40. The molecule has 1 saturated heterocycles. The molecule has 1 unspecified atom stereocenters. The third kappa shape index (κ3) is 3.75. The number of hydrogen-bond donors (Lipinski definition) is 3. The Labute approximate surface area is 158 Å². The normalized spacial score (nSPS) is 28.3. The van der Waals surface area contributed by atoms with Gasteiger partial charge in [0.25, 0.3) is 5.91 Å². The van der Waals surface area contributed by atoms with Crippen molar-refractivity contribution in [1.82, 2.24) is 15.5 Å². The zero-order valence-corrected chi connectivity index (χ0v) is 15.4. The highest BCUT2D eigenvalue weighted by atomic mass is 16.2. The summed E-state index contributed by atoms with van der Waals surface area (Å²) in [6.45, 7) is 1.19. The van der Waals surface area contributed by atoms with E-state index >= 15 is 0 Å². The van der Waals surface area contributed by atoms with E-state index in [1.54, 1.807) is 4.90 Å². The van der Waals surface area contributed by atoms with Crippen LogP contribution in [0.15, 0.2) is 18.2 Å². The van der Waals surface area contributed by atoms with Gasteiger partial charge in [-0.15, -0.1) is 0 Å². The Bertz CT molecular complexity index is 770. The van der Waals surface area contributed by atoms with E-state index in [1.165, 1.54) is 0 Å². The number of carbonyl (C=O) groups is 3. The highest BCUT2D eigenvalue weighted by Gasteiger charge is 2.39. The summed E-state index contributed by atoms with van der Waals surface area (Å²) in [6, 6.07) is 6.17. The second-order valence-corrected chi connectivity index (χ2v) is 7.88. The lowest BCUT2D eigenvalue weighted by molar-refractivity contribution is -0.136. The molecule has 2 heterocycles. The van der Waals surface area contributed by atoms with Crippen LogP contribution in [-0.4, -0.2) is 40.7 Å². The lowest BCUT2D eigenvalue weighted by Gasteiger charge is -2.29. The number of hydrogen-bond acceptors (Lipinski definition) is 5. The molecule has 4 rings (SSSR count). The molecule has 4 N–H and O–H groups in total. The van der Waals surface area contributed by atoms with Crippen LogP contribution in [0.5, 0.6) is 0 Å². The maximum absolute atomic E-state index is 12.7. The molecule has 1 aromatic rings. The van der Waals surface area contributed by atoms with Gasteiger partial charge < -0.3 is 16.0 Å². The summed E-state index contributed by atoms with van der Waals surface area (Å²) in [5.74, 6) is -0.762. The predicted molar refractivity (Wildman–Crippen MR) is 99.6 cm³/mol. The van der Waals surface area contributed by atoms with E-state index in [-0.39, 0.29) is 24.1 Å². The molecular formula is C20H26N4O3. The number of nitrogens with zero attached hydrogens (tertiary/aromatic N) is 1. The molecule has 1 atom stereocenters. The van der Waals surface area contributed by atoms with Gasteiger partial charge in [-0.1, -0.05) is 12.1 Å². The van der Waals surface area contributed by atoms with Crippen LogP contribution in [0.3, 0.4) is 0 Å². The van der Waals surface area contributed by atoms with Crippen molar-refractivity contribution in [2.24, 2.45) is 5.73 Å². The van der Waals surface area contributed by atoms with Crippen LogP contribution < -0.4 is 16.4 Å². The van der Waals surface area contributed by atoms with Gasteiger partial charge >= 0.3 is 0 Å². The van der Waals surface area contributed by atoms with Crippen LogP contribution in [0.2, 0.25) is 0 Å². The van der Waals surface area contributed by atoms with Crippen LogP contribution in [0.25, 0.3) is 0 Å². The van der Waals surface area contributed by atoms with Crippen molar-refractivity contribution in [1.29, 1.82) is 0 Å². The van der Waals surface area contributed by atoms with Crippen LogP contribution in [0.4, 0.5) is 0 Å². The first kappa shape index (κ1) is 18.1. The van der Waals surface area contributed by atoms with Crippen LogP contribution in [0, 0.1) is 0 Å². The first-order valence-electron chi connectivity index (χ1n) is 9.76. The quantitative estimate of drug-likeness (QED) is 0.680. The molecule has 144 valence electrons. The molecule has 0 aromatic heterocycles. The number of rotatable bonds is 4. The molecule has 2 fully saturated rings. The van der Waals surface area contributed by atoms with Crippen LogP contribution in [-0.2, 0) is 22.7 Å². The molecule has 3 aliphatic rings. The fraction of sp³-hybridized carbons (Fsp3) is 0.550. The van der Waals surface area contributed by atoms with Crippen molar-refractivity contribution in [3.8, 4) is 0 Å². The molecular weight excluding hydrogens is 344 g/mol. The van der Waals surface area contributed by atoms with E-state index in [0.717, 1.165) is 43.4 Å². The highest BCUT2D eigenvalue weighted by molar-refractivity contribution is 6.05. The second-order valence-electron chi connectivity index (χ2n) is 7.88. The molecule has 27 heavy (non-hydrogen) atoms. The molecule has 7 heteroatoms. The average molecular weight is 370 g/mol. The third-order valence-corrected chi connectivity index (χ3v) is 5.95. The Morgan fingerprint density at radius 1 is 1.11 bits per heavy atom. The number of amides is 3. The zero-order valence-electron chi connectivity index (χ0n) is 15.4. The summed E-state index contributed by atoms with van der Waals surface area (Å²) in [5.41, 5.74) is 8.71. The molecule has 0 spiro atoms. The molecule has 3 amide bonds. The number of benzene rings is 1. The summed E-state index contributed by atoms with van der Waals surface area (Å²) >= 11 is 0. The van der Waals surface area contributed by atoms with Gasteiger partial charge in [0, 0.05) is 37.2 Å². The minimum atomic E-state index is -0.560. The van der Waals surface area contributed by atoms with E-state index in [1.807, 2.05) is 12.1 Å². The van der Waals surface area contributed by atoms with Gasteiger partial charge in [0.15, 0.2) is 0 Å². The van der Waals surface area contributed by atoms with Gasteiger partial charge in [0.1, 0.15) is 6.04 Å². The summed E-state index contributed by atoms with van der Waals surface area (Å²) in [7, 11) is 0. The maximum Gasteiger partial charge on any atom is 0.255 e. The summed E-state index contributed by atoms with van der Waals surface area (Å²) < 4.78 is 0. The monoisotopic (exact) mass is 370 g/mol. The first-order chi connectivity index (χ1) is 13.0. The van der Waals surface area contributed by atoms with Gasteiger partial charge in [0.05, 0.1) is 0 Å². The van der Waals surface area contributed by atoms with E-state index in [4.69, 9.17) is 5.73 Å². The molecule has 1 aromatic carbocycles. The number of nitrogens with one attached hydrogen (secondary N) is 2. The number of carbonyl (C=O) groups excluding carboxylic acids is 3. The first-order valence-corrected chi connectivity index (χ1v) is 9.76. The summed E-state index contributed by atoms with van der Waals surface area (Å²) in [6.07, 6.45) is 5.01. The van der Waals surface area contributed by atoms with Gasteiger partial charge in [-0.05, 0) is 49.3 Å². The Morgan fingerprint density at radius 3 is 2.63 bits per heavy atom. The predicted octanol–water partition coefficient (Wildman–Crippen LogP) is 0.807. The van der Waals surface area contributed by atoms with Crippen LogP contribution in [0.1, 0.15) is 60.0 Å². The minimum Gasteiger partial charge on any atom is -0.328 e. The fourth-order valence-corrected chi connectivity index (χ4v) is 4.32. The Kier molecular flexibility index (Phi) is 4.97. The van der Waals surface area contributed by atoms with Gasteiger partial charge in [-0.25, -0.2) is 0 Å². The lowest BCUT2D eigenvalue weighted by Crippen LogP contribution is -2.52. The Hall–Kier alpha value is -2.25. The van der Waals surface area contributed by atoms with Gasteiger partial charge in [-0.3, -0.25) is 19.7 Å². The molecule has 0 bridgehead atoms. The zero-order chi connectivity index (χ0) is 19.0. The van der Waals surface area contributed by atoms with Gasteiger partial charge in [-0.2, -0.15) is 0 Å². The van der Waals surface area contributed by atoms with E-state index in [2.05, 4.69) is 16.7 Å². The molecule has 1 saturated carbocycles. The standard InChI is InChI=1S/C20H26N4O3/c21-14-2-4-15(5-3-14)22-10-12-1-6-16-13(9-12)11-24(20(16)27)17-7-8-18(25)23-19(17)26/h1,6,9,14-15,17,22H,2-5,7-8,10-11,21H2,(H,23,25,26). The van der Waals surface area contributed by atoms with Crippen molar-refractivity contribution < 1.29 is 14.4 Å². The van der Waals surface area contributed by atoms with Crippen LogP contribution >= 0.6 is 0 Å². The largest absolute Gasteiger partial charge is 0.328 e. The fourth-order valence-electron chi connectivity index (χ4n) is 4.32. The van der Waals surface area contributed by atoms with E-state index in [0.29, 0.717) is 30.6 Å². The topological polar surface area (TPSA) is 105 Å². The summed E-state index contributed by atoms with van der Waals surface area (Å²) in [4.78, 5) is 37.8. The molecule has 2 aliphatic heterocycles. The number of piperidine rings is 1. The maximum atomic E-state index is 12.7. The average Bonchev–Trinajstić information content (AvgIpc) is 2.97. The highest BCUT2D eigenvalue weighted by Crippen LogP contribution is 2.28. The van der Waals surface area contributed by atoms with Crippen molar-refractivity contribution in [2.75, 3.05) is 0 Å². The van der Waals surface area contributed by atoms with Crippen molar-refractivity contribution in [3.05, 3.63) is 34.9 Å². The SMILES string of the molecule is NC1CCC(NCc2ccc3c(c2)CN(C2CCC(=O)NC2=O)C3=O)CC1. The van der Waals surface area contributed by atoms with Crippen molar-refractivity contribution in [3.63, 3.8) is 0 Å². The summed E-state index contributed by atoms with van der Waals surface area (Å²) in [5, 5.41) is 5.93. The molecule has 1 aliphatic carbocycles. The van der Waals surface area contributed by atoms with E-state index in [9.17, 15) is 14.4 Å². The number of nitrogens with two attached hydrogens (primary N) is 1. The Morgan fingerprint density at radius 2 is 1.89 bits per heavy atom. The number of fused-ring (bicyclic) bond motifs is 1. The van der Waals surface area contributed by atoms with Crippen molar-refractivity contribution >= 4 is 17.7 Å². The number of imide groups is 1. The molecule has 0 radical (unpaired) electrons. The van der Waals surface area contributed by atoms with E-state index < -0.39 is 6.04 Å². The Balaban J connectivity index is 1.40.